The van der Waals surface area contributed by atoms with Crippen molar-refractivity contribution in [2.75, 3.05) is 26.4 Å². The summed E-state index contributed by atoms with van der Waals surface area (Å²) in [5, 5.41) is 18.6. The Bertz CT molecular complexity index is 1330. The number of hydrogen-bond acceptors (Lipinski definition) is 6. The highest BCUT2D eigenvalue weighted by Crippen LogP contribution is 2.28. The minimum Gasteiger partial charge on any atom is -0.488 e. The fourth-order valence-corrected chi connectivity index (χ4v) is 5.29. The van der Waals surface area contributed by atoms with E-state index in [1.165, 1.54) is 0 Å². The molecule has 3 rings (SSSR count). The first-order chi connectivity index (χ1) is 21.2. The minimum absolute atomic E-state index is 0.277. The highest BCUT2D eigenvalue weighted by Gasteiger charge is 2.19. The van der Waals surface area contributed by atoms with Gasteiger partial charge in [0.15, 0.2) is 12.2 Å². The Kier molecular flexibility index (Phi) is 14.6. The molecule has 2 N–H and O–H groups in total. The van der Waals surface area contributed by atoms with Gasteiger partial charge >= 0.3 is 11.9 Å². The van der Waals surface area contributed by atoms with Crippen molar-refractivity contribution < 1.29 is 38.7 Å². The van der Waals surface area contributed by atoms with Gasteiger partial charge in [-0.2, -0.15) is 0 Å². The van der Waals surface area contributed by atoms with E-state index in [-0.39, 0.29) is 12.8 Å². The number of benzene rings is 3. The van der Waals surface area contributed by atoms with Gasteiger partial charge in [0.25, 0.3) is 0 Å². The Morgan fingerprint density at radius 3 is 1.39 bits per heavy atom. The molecule has 8 nitrogen and oxygen atoms in total. The zero-order valence-corrected chi connectivity index (χ0v) is 27.8. The molecule has 44 heavy (non-hydrogen) atoms. The highest BCUT2D eigenvalue weighted by atomic mass is 79.9. The van der Waals surface area contributed by atoms with Crippen LogP contribution < -0.4 is 9.47 Å². The van der Waals surface area contributed by atoms with Crippen LogP contribution in [0.2, 0.25) is 0 Å². The topological polar surface area (TPSA) is 112 Å². The molecule has 0 fully saturated rings. The lowest BCUT2D eigenvalue weighted by Gasteiger charge is -2.13. The molecule has 0 spiro atoms. The maximum atomic E-state index is 11.3. The molecule has 0 heterocycles. The average Bonchev–Trinajstić information content (AvgIpc) is 2.99. The van der Waals surface area contributed by atoms with Gasteiger partial charge in [-0.05, 0) is 104 Å². The van der Waals surface area contributed by atoms with Crippen LogP contribution in [-0.2, 0) is 31.9 Å². The van der Waals surface area contributed by atoms with Gasteiger partial charge in [0, 0.05) is 26.1 Å². The van der Waals surface area contributed by atoms with E-state index in [0.29, 0.717) is 37.9 Å². The van der Waals surface area contributed by atoms with E-state index < -0.39 is 24.1 Å². The second-order valence-electron chi connectivity index (χ2n) is 9.60. The lowest BCUT2D eigenvalue weighted by Crippen LogP contribution is -2.26. The fourth-order valence-electron chi connectivity index (χ4n) is 4.20. The molecule has 10 heteroatoms. The Balaban J connectivity index is 1.44. The Morgan fingerprint density at radius 2 is 1.07 bits per heavy atom. The summed E-state index contributed by atoms with van der Waals surface area (Å²) in [5.41, 5.74) is 3.75. The zero-order valence-electron chi connectivity index (χ0n) is 24.6. The summed E-state index contributed by atoms with van der Waals surface area (Å²) in [6.07, 6.45) is 6.61. The standard InChI is InChI=1S/C34H36Br2O8/c1-3-41-31(33(37)38)21-25-13-15-29(27(35)19-25)43-17-5-7-23-9-11-24(12-10-23)8-6-18-44-30-16-14-26(20-28(30)36)22-32(34(39)40)42-4-2/h5-16,19-20,31-32H,3-4,17-18,21-22H2,1-2H3,(H,37,38)(H,39,40)/b7-5+,8-6+. The van der Waals surface area contributed by atoms with E-state index in [1.54, 1.807) is 13.8 Å². The Morgan fingerprint density at radius 1 is 0.682 bits per heavy atom. The molecule has 0 radical (unpaired) electrons. The van der Waals surface area contributed by atoms with Gasteiger partial charge in [0.1, 0.15) is 24.7 Å². The largest absolute Gasteiger partial charge is 0.488 e. The molecule has 0 aliphatic rings. The third-order valence-corrected chi connectivity index (χ3v) is 7.59. The predicted octanol–water partition coefficient (Wildman–Crippen LogP) is 7.46. The fraction of sp³-hybridized carbons (Fsp3) is 0.294. The summed E-state index contributed by atoms with van der Waals surface area (Å²) < 4.78 is 23.8. The number of carbonyl (C=O) groups is 2. The molecular formula is C34H36Br2O8. The molecular weight excluding hydrogens is 696 g/mol. The summed E-state index contributed by atoms with van der Waals surface area (Å²) >= 11 is 7.01. The number of aliphatic carboxylic acids is 2. The van der Waals surface area contributed by atoms with Crippen molar-refractivity contribution in [2.24, 2.45) is 0 Å². The summed E-state index contributed by atoms with van der Waals surface area (Å²) in [4.78, 5) is 22.7. The number of carboxylic acid groups (broad SMARTS) is 2. The van der Waals surface area contributed by atoms with Gasteiger partial charge < -0.3 is 29.2 Å². The summed E-state index contributed by atoms with van der Waals surface area (Å²) in [6.45, 7) is 4.97. The van der Waals surface area contributed by atoms with Crippen molar-refractivity contribution in [2.45, 2.75) is 38.9 Å². The normalized spacial score (nSPS) is 12.8. The first-order valence-electron chi connectivity index (χ1n) is 14.1. The van der Waals surface area contributed by atoms with Crippen LogP contribution in [0.5, 0.6) is 11.5 Å². The van der Waals surface area contributed by atoms with Crippen LogP contribution in [0, 0.1) is 0 Å². The zero-order chi connectivity index (χ0) is 31.9. The summed E-state index contributed by atoms with van der Waals surface area (Å²) in [6, 6.07) is 19.1. The van der Waals surface area contributed by atoms with Crippen molar-refractivity contribution in [3.05, 3.63) is 104 Å². The number of halogens is 2. The molecule has 0 saturated heterocycles. The van der Waals surface area contributed by atoms with Crippen molar-refractivity contribution in [3.8, 4) is 11.5 Å². The Labute approximate surface area is 274 Å². The molecule has 0 bridgehead atoms. The third kappa shape index (κ3) is 11.6. The second-order valence-corrected chi connectivity index (χ2v) is 11.3. The monoisotopic (exact) mass is 730 g/mol. The molecule has 234 valence electrons. The molecule has 2 atom stereocenters. The smallest absolute Gasteiger partial charge is 0.333 e. The lowest BCUT2D eigenvalue weighted by molar-refractivity contribution is -0.150. The molecule has 2 unspecified atom stereocenters. The van der Waals surface area contributed by atoms with Crippen molar-refractivity contribution >= 4 is 56.0 Å². The maximum Gasteiger partial charge on any atom is 0.333 e. The van der Waals surface area contributed by atoms with E-state index in [1.807, 2.05) is 85.0 Å². The summed E-state index contributed by atoms with van der Waals surface area (Å²) in [5.74, 6) is -0.624. The third-order valence-electron chi connectivity index (χ3n) is 6.35. The van der Waals surface area contributed by atoms with Crippen LogP contribution >= 0.6 is 31.9 Å². The highest BCUT2D eigenvalue weighted by molar-refractivity contribution is 9.10. The van der Waals surface area contributed by atoms with Crippen molar-refractivity contribution in [1.82, 2.24) is 0 Å². The van der Waals surface area contributed by atoms with Crippen LogP contribution in [0.25, 0.3) is 12.2 Å². The van der Waals surface area contributed by atoms with Crippen LogP contribution in [0.4, 0.5) is 0 Å². The van der Waals surface area contributed by atoms with Crippen LogP contribution in [0.15, 0.2) is 81.8 Å². The molecule has 0 aromatic heterocycles. The second kappa shape index (κ2) is 18.4. The van der Waals surface area contributed by atoms with Gasteiger partial charge in [-0.25, -0.2) is 9.59 Å². The number of carboxylic acids is 2. The van der Waals surface area contributed by atoms with Gasteiger partial charge in [-0.3, -0.25) is 0 Å². The SMILES string of the molecule is CCOC(Cc1ccc(OC/C=C/c2ccc(/C=C/COc3ccc(CC(OCC)C(=O)O)cc3Br)cc2)c(Br)c1)C(=O)O. The van der Waals surface area contributed by atoms with Crippen LogP contribution in [0.1, 0.15) is 36.1 Å². The number of ether oxygens (including phenoxy) is 4. The molecule has 3 aromatic rings. The molecule has 0 aliphatic carbocycles. The van der Waals surface area contributed by atoms with Crippen molar-refractivity contribution in [1.29, 1.82) is 0 Å². The minimum atomic E-state index is -0.980. The van der Waals surface area contributed by atoms with E-state index in [9.17, 15) is 19.8 Å². The maximum absolute atomic E-state index is 11.3. The van der Waals surface area contributed by atoms with E-state index >= 15 is 0 Å². The van der Waals surface area contributed by atoms with Crippen LogP contribution in [0.3, 0.4) is 0 Å². The number of hydrogen-bond donors (Lipinski definition) is 2. The predicted molar refractivity (Wildman–Crippen MR) is 177 cm³/mol. The van der Waals surface area contributed by atoms with Crippen LogP contribution in [-0.4, -0.2) is 60.8 Å². The van der Waals surface area contributed by atoms with Crippen molar-refractivity contribution in [3.63, 3.8) is 0 Å². The molecule has 3 aromatic carbocycles. The van der Waals surface area contributed by atoms with E-state index in [4.69, 9.17) is 18.9 Å². The van der Waals surface area contributed by atoms with E-state index in [2.05, 4.69) is 31.9 Å². The van der Waals surface area contributed by atoms with Gasteiger partial charge in [0.2, 0.25) is 0 Å². The lowest BCUT2D eigenvalue weighted by atomic mass is 10.1. The quantitative estimate of drug-likeness (QED) is 0.139. The number of rotatable bonds is 18. The van der Waals surface area contributed by atoms with Gasteiger partial charge in [-0.15, -0.1) is 0 Å². The molecule has 0 amide bonds. The summed E-state index contributed by atoms with van der Waals surface area (Å²) in [7, 11) is 0. The first-order valence-corrected chi connectivity index (χ1v) is 15.7. The molecule has 0 saturated carbocycles. The van der Waals surface area contributed by atoms with Gasteiger partial charge in [-0.1, -0.05) is 48.6 Å². The van der Waals surface area contributed by atoms with E-state index in [0.717, 1.165) is 31.2 Å². The Hall–Kier alpha value is -3.44. The van der Waals surface area contributed by atoms with Gasteiger partial charge in [0.05, 0.1) is 8.95 Å². The average molecular weight is 732 g/mol. The molecule has 0 aliphatic heterocycles. The first kappa shape index (κ1) is 35.0.